The third kappa shape index (κ3) is 3.62. The topological polar surface area (TPSA) is 79.5 Å². The second-order valence-electron chi connectivity index (χ2n) is 5.81. The first-order valence-electron chi connectivity index (χ1n) is 7.76. The summed E-state index contributed by atoms with van der Waals surface area (Å²) >= 11 is 1.53. The predicted molar refractivity (Wildman–Crippen MR) is 96.5 cm³/mol. The molecule has 6 heteroatoms. The summed E-state index contributed by atoms with van der Waals surface area (Å²) in [5.74, 6) is -1.07. The van der Waals surface area contributed by atoms with Crippen molar-refractivity contribution in [3.63, 3.8) is 0 Å². The Morgan fingerprint density at radius 2 is 1.80 bits per heavy atom. The molecule has 0 N–H and O–H groups in total. The lowest BCUT2D eigenvalue weighted by atomic mass is 9.96. The molecule has 124 valence electrons. The number of nitriles is 1. The molecule has 0 bridgehead atoms. The lowest BCUT2D eigenvalue weighted by molar-refractivity contribution is 0.0976. The average molecular weight is 348 g/mol. The fourth-order valence-corrected chi connectivity index (χ4v) is 3.37. The zero-order chi connectivity index (χ0) is 18.0. The summed E-state index contributed by atoms with van der Waals surface area (Å²) < 4.78 is 0. The first-order valence-corrected chi connectivity index (χ1v) is 8.64. The monoisotopic (exact) mass is 348 g/mol. The third-order valence-electron chi connectivity index (χ3n) is 3.66. The summed E-state index contributed by atoms with van der Waals surface area (Å²) in [7, 11) is 0. The van der Waals surface area contributed by atoms with Crippen LogP contribution in [0.3, 0.4) is 0 Å². The van der Waals surface area contributed by atoms with E-state index in [2.05, 4.69) is 15.0 Å². The number of nitrogens with zero attached hydrogens (tertiary/aromatic N) is 4. The lowest BCUT2D eigenvalue weighted by Gasteiger charge is -2.09. The standard InChI is InChI=1S/C19H16N4OS/c1-11-7-12(2)22-18(21-11)16(9-20)17(24)14-5-4-6-15(8-14)19-23-13(3)10-25-19/h4-8,10,16H,1-3H3/t16-/m0/s1. The highest BCUT2D eigenvalue weighted by Crippen LogP contribution is 2.26. The molecule has 5 nitrogen and oxygen atoms in total. The molecule has 1 atom stereocenters. The molecule has 3 aromatic rings. The van der Waals surface area contributed by atoms with Crippen LogP contribution < -0.4 is 0 Å². The SMILES string of the molecule is Cc1cc(C)nc([C@@H](C#N)C(=O)c2cccc(-c3nc(C)cs3)c2)n1. The summed E-state index contributed by atoms with van der Waals surface area (Å²) in [5.41, 5.74) is 3.74. The van der Waals surface area contributed by atoms with Crippen LogP contribution in [0.25, 0.3) is 10.6 Å². The van der Waals surface area contributed by atoms with Crippen molar-refractivity contribution >= 4 is 17.1 Å². The van der Waals surface area contributed by atoms with Gasteiger partial charge >= 0.3 is 0 Å². The third-order valence-corrected chi connectivity index (χ3v) is 4.67. The van der Waals surface area contributed by atoms with E-state index >= 15 is 0 Å². The summed E-state index contributed by atoms with van der Waals surface area (Å²) in [6.07, 6.45) is 0. The Labute approximate surface area is 150 Å². The average Bonchev–Trinajstić information content (AvgIpc) is 3.01. The van der Waals surface area contributed by atoms with Crippen LogP contribution in [0.5, 0.6) is 0 Å². The van der Waals surface area contributed by atoms with Crippen LogP contribution in [-0.4, -0.2) is 20.7 Å². The fraction of sp³-hybridized carbons (Fsp3) is 0.211. The Morgan fingerprint density at radius 3 is 2.40 bits per heavy atom. The number of carbonyl (C=O) groups excluding carboxylic acids is 1. The maximum atomic E-state index is 12.9. The van der Waals surface area contributed by atoms with Crippen LogP contribution in [0.4, 0.5) is 0 Å². The summed E-state index contributed by atoms with van der Waals surface area (Å²) in [6.45, 7) is 5.57. The molecule has 0 unspecified atom stereocenters. The Bertz CT molecular complexity index is 967. The number of hydrogen-bond donors (Lipinski definition) is 0. The van der Waals surface area contributed by atoms with Gasteiger partial charge in [0.25, 0.3) is 0 Å². The Balaban J connectivity index is 1.98. The van der Waals surface area contributed by atoms with E-state index in [4.69, 9.17) is 0 Å². The van der Waals surface area contributed by atoms with Crippen molar-refractivity contribution in [2.75, 3.05) is 0 Å². The summed E-state index contributed by atoms with van der Waals surface area (Å²) in [4.78, 5) is 25.9. The molecule has 1 aromatic carbocycles. The molecule has 0 saturated carbocycles. The zero-order valence-corrected chi connectivity index (χ0v) is 15.0. The van der Waals surface area contributed by atoms with Gasteiger partial charge in [0.2, 0.25) is 0 Å². The van der Waals surface area contributed by atoms with Gasteiger partial charge in [0.05, 0.1) is 6.07 Å². The Morgan fingerprint density at radius 1 is 1.08 bits per heavy atom. The van der Waals surface area contributed by atoms with E-state index in [1.54, 1.807) is 18.2 Å². The molecule has 3 rings (SSSR count). The van der Waals surface area contributed by atoms with E-state index in [1.165, 1.54) is 11.3 Å². The zero-order valence-electron chi connectivity index (χ0n) is 14.1. The highest BCUT2D eigenvalue weighted by molar-refractivity contribution is 7.13. The van der Waals surface area contributed by atoms with Crippen molar-refractivity contribution in [3.8, 4) is 16.6 Å². The van der Waals surface area contributed by atoms with Gasteiger partial charge in [0.15, 0.2) is 17.5 Å². The fourth-order valence-electron chi connectivity index (χ4n) is 2.57. The van der Waals surface area contributed by atoms with E-state index in [-0.39, 0.29) is 11.6 Å². The van der Waals surface area contributed by atoms with Crippen LogP contribution in [0.1, 0.15) is 39.2 Å². The van der Waals surface area contributed by atoms with Gasteiger partial charge in [0, 0.05) is 33.6 Å². The first kappa shape index (κ1) is 16.9. The van der Waals surface area contributed by atoms with Gasteiger partial charge in [0.1, 0.15) is 5.01 Å². The second kappa shape index (κ2) is 6.91. The number of ketones is 1. The molecule has 0 aliphatic heterocycles. The van der Waals surface area contributed by atoms with Gasteiger partial charge in [-0.15, -0.1) is 11.3 Å². The Kier molecular flexibility index (Phi) is 4.68. The van der Waals surface area contributed by atoms with Crippen molar-refractivity contribution in [2.45, 2.75) is 26.7 Å². The van der Waals surface area contributed by atoms with E-state index in [0.29, 0.717) is 5.56 Å². The predicted octanol–water partition coefficient (Wildman–Crippen LogP) is 4.02. The smallest absolute Gasteiger partial charge is 0.187 e. The lowest BCUT2D eigenvalue weighted by Crippen LogP contribution is -2.15. The molecular formula is C19H16N4OS. The van der Waals surface area contributed by atoms with Crippen molar-refractivity contribution in [1.29, 1.82) is 5.26 Å². The van der Waals surface area contributed by atoms with E-state index in [1.807, 2.05) is 44.4 Å². The minimum atomic E-state index is -1.02. The van der Waals surface area contributed by atoms with E-state index in [0.717, 1.165) is 27.7 Å². The van der Waals surface area contributed by atoms with Gasteiger partial charge < -0.3 is 0 Å². The maximum absolute atomic E-state index is 12.9. The largest absolute Gasteiger partial charge is 0.292 e. The molecule has 0 radical (unpaired) electrons. The molecule has 0 fully saturated rings. The van der Waals surface area contributed by atoms with E-state index in [9.17, 15) is 10.1 Å². The van der Waals surface area contributed by atoms with Gasteiger partial charge in [-0.3, -0.25) is 4.79 Å². The molecule has 25 heavy (non-hydrogen) atoms. The molecule has 2 aromatic heterocycles. The van der Waals surface area contributed by atoms with Gasteiger partial charge in [-0.25, -0.2) is 15.0 Å². The van der Waals surface area contributed by atoms with Gasteiger partial charge in [-0.05, 0) is 32.9 Å². The van der Waals surface area contributed by atoms with Crippen molar-refractivity contribution < 1.29 is 4.79 Å². The number of benzene rings is 1. The number of rotatable bonds is 4. The number of Topliss-reactive ketones (excluding diaryl/α,β-unsaturated/α-hetero) is 1. The first-order chi connectivity index (χ1) is 12.0. The normalized spacial score (nSPS) is 11.8. The quantitative estimate of drug-likeness (QED) is 0.665. The number of aromatic nitrogens is 3. The molecule has 0 spiro atoms. The molecule has 0 amide bonds. The summed E-state index contributed by atoms with van der Waals surface area (Å²) in [6, 6.07) is 11.0. The molecule has 0 aliphatic carbocycles. The van der Waals surface area contributed by atoms with Crippen molar-refractivity contribution in [1.82, 2.24) is 15.0 Å². The van der Waals surface area contributed by atoms with Crippen LogP contribution in [0.2, 0.25) is 0 Å². The minimum Gasteiger partial charge on any atom is -0.292 e. The van der Waals surface area contributed by atoms with Crippen LogP contribution in [0.15, 0.2) is 35.7 Å². The highest BCUT2D eigenvalue weighted by Gasteiger charge is 2.25. The number of hydrogen-bond acceptors (Lipinski definition) is 6. The molecule has 0 aliphatic rings. The number of aryl methyl sites for hydroxylation is 3. The number of carbonyl (C=O) groups is 1. The minimum absolute atomic E-state index is 0.250. The van der Waals surface area contributed by atoms with Crippen LogP contribution in [-0.2, 0) is 0 Å². The van der Waals surface area contributed by atoms with Crippen molar-refractivity contribution in [2.24, 2.45) is 0 Å². The molecule has 0 saturated heterocycles. The van der Waals surface area contributed by atoms with Crippen LogP contribution >= 0.6 is 11.3 Å². The second-order valence-corrected chi connectivity index (χ2v) is 6.67. The van der Waals surface area contributed by atoms with E-state index < -0.39 is 5.92 Å². The molecular weight excluding hydrogens is 332 g/mol. The maximum Gasteiger partial charge on any atom is 0.187 e. The van der Waals surface area contributed by atoms with Gasteiger partial charge in [-0.2, -0.15) is 5.26 Å². The molecule has 2 heterocycles. The van der Waals surface area contributed by atoms with Gasteiger partial charge in [-0.1, -0.05) is 18.2 Å². The van der Waals surface area contributed by atoms with Crippen LogP contribution in [0, 0.1) is 32.1 Å². The number of thiazole rings is 1. The Hall–Kier alpha value is -2.91. The highest BCUT2D eigenvalue weighted by atomic mass is 32.1. The van der Waals surface area contributed by atoms with Crippen molar-refractivity contribution in [3.05, 3.63) is 64.2 Å². The summed E-state index contributed by atoms with van der Waals surface area (Å²) in [5, 5.41) is 12.3.